The fourth-order valence-electron chi connectivity index (χ4n) is 5.80. The Hall–Kier alpha value is -6.31. The highest BCUT2D eigenvalue weighted by atomic mass is 16.6. The number of carbonyl (C=O) groups excluding carboxylic acids is 5. The number of rotatable bonds is 9. The fourth-order valence-corrected chi connectivity index (χ4v) is 5.80. The molecule has 0 fully saturated rings. The van der Waals surface area contributed by atoms with Gasteiger partial charge in [-0.1, -0.05) is 24.3 Å². The third kappa shape index (κ3) is 4.81. The van der Waals surface area contributed by atoms with E-state index in [9.17, 15) is 44.2 Å². The Labute approximate surface area is 259 Å². The van der Waals surface area contributed by atoms with E-state index in [1.165, 1.54) is 66.7 Å². The average molecular weight is 623 g/mol. The molecular weight excluding hydrogens is 600 g/mol. The molecule has 0 spiro atoms. The van der Waals surface area contributed by atoms with E-state index in [1.807, 2.05) is 0 Å². The summed E-state index contributed by atoms with van der Waals surface area (Å²) >= 11 is 0. The summed E-state index contributed by atoms with van der Waals surface area (Å²) in [5.41, 5.74) is 0.650. The lowest BCUT2D eigenvalue weighted by molar-refractivity contribution is -0.385. The third-order valence-electron chi connectivity index (χ3n) is 8.12. The SMILES string of the molecule is COC(=O)c1cc2c3c(ccc4c3c1C(=O)N(CCc1ccc([N+](=O)[O-])cc1)C4=O)C(=O)N(CCc1ccc([N+](=O)[O-])cc1)C2=O. The number of nitrogens with zero attached hydrogens (tertiary/aromatic N) is 4. The van der Waals surface area contributed by atoms with Gasteiger partial charge in [0.25, 0.3) is 35.0 Å². The van der Waals surface area contributed by atoms with Gasteiger partial charge in [-0.25, -0.2) is 4.79 Å². The van der Waals surface area contributed by atoms with E-state index in [0.717, 1.165) is 16.9 Å². The number of hydrogen-bond acceptors (Lipinski definition) is 10. The molecule has 0 N–H and O–H groups in total. The van der Waals surface area contributed by atoms with Crippen LogP contribution in [-0.4, -0.2) is 69.4 Å². The van der Waals surface area contributed by atoms with Crippen LogP contribution in [0.3, 0.4) is 0 Å². The number of imide groups is 2. The van der Waals surface area contributed by atoms with Crippen molar-refractivity contribution in [2.24, 2.45) is 0 Å². The smallest absolute Gasteiger partial charge is 0.338 e. The van der Waals surface area contributed by atoms with Crippen LogP contribution in [0.25, 0.3) is 10.8 Å². The predicted octanol–water partition coefficient (Wildman–Crippen LogP) is 4.12. The van der Waals surface area contributed by atoms with Crippen LogP contribution < -0.4 is 0 Å². The summed E-state index contributed by atoms with van der Waals surface area (Å²) in [5.74, 6) is -3.84. The first-order valence-electron chi connectivity index (χ1n) is 13.9. The molecule has 4 amide bonds. The standard InChI is InChI=1S/C32H22N4O10/c1-46-32(41)24-16-23-25-21(28(37)33(30(23)39)14-12-17-2-6-19(7-3-17)35(42)43)10-11-22-26(25)27(24)31(40)34(29(22)38)15-13-18-4-8-20(9-5-18)36(44)45/h2-11,16H,12-15H2,1H3. The predicted molar refractivity (Wildman–Crippen MR) is 160 cm³/mol. The van der Waals surface area contributed by atoms with Crippen molar-refractivity contribution in [1.82, 2.24) is 9.80 Å². The second-order valence-corrected chi connectivity index (χ2v) is 10.6. The van der Waals surface area contributed by atoms with Crippen molar-refractivity contribution in [3.63, 3.8) is 0 Å². The maximum absolute atomic E-state index is 13.9. The zero-order chi connectivity index (χ0) is 32.9. The van der Waals surface area contributed by atoms with Gasteiger partial charge < -0.3 is 4.74 Å². The lowest BCUT2D eigenvalue weighted by atomic mass is 9.83. The highest BCUT2D eigenvalue weighted by Crippen LogP contribution is 2.40. The molecule has 4 aromatic rings. The van der Waals surface area contributed by atoms with Gasteiger partial charge in [-0.2, -0.15) is 0 Å². The molecule has 0 unspecified atom stereocenters. The molecule has 14 heteroatoms. The lowest BCUT2D eigenvalue weighted by Crippen LogP contribution is -2.45. The molecule has 230 valence electrons. The van der Waals surface area contributed by atoms with Crippen LogP contribution in [-0.2, 0) is 17.6 Å². The van der Waals surface area contributed by atoms with Crippen LogP contribution in [0.15, 0.2) is 66.7 Å². The van der Waals surface area contributed by atoms with E-state index < -0.39 is 39.4 Å². The minimum atomic E-state index is -0.926. The number of hydrogen-bond donors (Lipinski definition) is 0. The number of non-ortho nitro benzene ring substituents is 2. The molecule has 4 aromatic carbocycles. The van der Waals surface area contributed by atoms with E-state index in [2.05, 4.69) is 0 Å². The Balaban J connectivity index is 1.37. The molecule has 0 saturated heterocycles. The van der Waals surface area contributed by atoms with Crippen molar-refractivity contribution in [2.75, 3.05) is 20.2 Å². The first kappa shape index (κ1) is 29.7. The maximum Gasteiger partial charge on any atom is 0.338 e. The quantitative estimate of drug-likeness (QED) is 0.114. The van der Waals surface area contributed by atoms with Gasteiger partial charge in [0, 0.05) is 64.8 Å². The van der Waals surface area contributed by atoms with Gasteiger partial charge in [-0.15, -0.1) is 0 Å². The minimum absolute atomic E-state index is 0.00806. The molecule has 2 aliphatic heterocycles. The Morgan fingerprint density at radius 2 is 1.09 bits per heavy atom. The van der Waals surface area contributed by atoms with Crippen LogP contribution in [0.1, 0.15) is 62.9 Å². The first-order valence-corrected chi connectivity index (χ1v) is 13.9. The Kier molecular flexibility index (Phi) is 7.32. The molecule has 0 radical (unpaired) electrons. The van der Waals surface area contributed by atoms with Crippen molar-refractivity contribution in [3.05, 3.63) is 126 Å². The molecule has 0 atom stereocenters. The summed E-state index contributed by atoms with van der Waals surface area (Å²) in [5, 5.41) is 22.0. The van der Waals surface area contributed by atoms with Crippen LogP contribution in [0.2, 0.25) is 0 Å². The third-order valence-corrected chi connectivity index (χ3v) is 8.12. The van der Waals surface area contributed by atoms with Gasteiger partial charge in [0.2, 0.25) is 0 Å². The minimum Gasteiger partial charge on any atom is -0.465 e. The molecule has 0 saturated carbocycles. The van der Waals surface area contributed by atoms with Crippen LogP contribution >= 0.6 is 0 Å². The summed E-state index contributed by atoms with van der Waals surface area (Å²) in [6, 6.07) is 15.3. The molecule has 2 aliphatic rings. The van der Waals surface area contributed by atoms with E-state index >= 15 is 0 Å². The largest absolute Gasteiger partial charge is 0.465 e. The average Bonchev–Trinajstić information content (AvgIpc) is 3.05. The van der Waals surface area contributed by atoms with E-state index in [4.69, 9.17) is 4.74 Å². The number of benzene rings is 4. The van der Waals surface area contributed by atoms with Crippen molar-refractivity contribution >= 4 is 51.7 Å². The van der Waals surface area contributed by atoms with Crippen molar-refractivity contribution in [2.45, 2.75) is 12.8 Å². The van der Waals surface area contributed by atoms with Gasteiger partial charge in [0.05, 0.1) is 28.1 Å². The molecule has 0 bridgehead atoms. The number of nitro groups is 2. The van der Waals surface area contributed by atoms with Gasteiger partial charge in [0.1, 0.15) is 0 Å². The second kappa shape index (κ2) is 11.3. The van der Waals surface area contributed by atoms with Crippen LogP contribution in [0.5, 0.6) is 0 Å². The van der Waals surface area contributed by atoms with E-state index in [-0.39, 0.29) is 75.9 Å². The number of esters is 1. The zero-order valence-corrected chi connectivity index (χ0v) is 24.1. The Bertz CT molecular complexity index is 2040. The molecule has 0 aliphatic carbocycles. The maximum atomic E-state index is 13.9. The summed E-state index contributed by atoms with van der Waals surface area (Å²) < 4.78 is 4.94. The van der Waals surface area contributed by atoms with Crippen molar-refractivity contribution in [3.8, 4) is 0 Å². The number of ether oxygens (including phenoxy) is 1. The highest BCUT2D eigenvalue weighted by Gasteiger charge is 2.42. The van der Waals surface area contributed by atoms with Crippen LogP contribution in [0.4, 0.5) is 11.4 Å². The second-order valence-electron chi connectivity index (χ2n) is 10.6. The van der Waals surface area contributed by atoms with Crippen LogP contribution in [0, 0.1) is 20.2 Å². The molecule has 0 aromatic heterocycles. The number of carbonyl (C=O) groups is 5. The molecule has 46 heavy (non-hydrogen) atoms. The molecule has 6 rings (SSSR count). The normalized spacial score (nSPS) is 13.8. The first-order chi connectivity index (χ1) is 22.0. The van der Waals surface area contributed by atoms with Crippen molar-refractivity contribution < 1.29 is 38.6 Å². The number of methoxy groups -OCH3 is 1. The topological polar surface area (TPSA) is 187 Å². The summed E-state index contributed by atoms with van der Waals surface area (Å²) in [6.07, 6.45) is 0.354. The van der Waals surface area contributed by atoms with E-state index in [1.54, 1.807) is 0 Å². The molecule has 14 nitrogen and oxygen atoms in total. The number of nitro benzene ring substituents is 2. The Morgan fingerprint density at radius 3 is 1.54 bits per heavy atom. The fraction of sp³-hybridized carbons (Fsp3) is 0.156. The summed E-state index contributed by atoms with van der Waals surface area (Å²) in [4.78, 5) is 90.8. The summed E-state index contributed by atoms with van der Waals surface area (Å²) in [7, 11) is 1.11. The highest BCUT2D eigenvalue weighted by molar-refractivity contribution is 6.35. The zero-order valence-electron chi connectivity index (χ0n) is 24.1. The van der Waals surface area contributed by atoms with Gasteiger partial charge in [-0.05, 0) is 42.2 Å². The Morgan fingerprint density at radius 1 is 0.652 bits per heavy atom. The van der Waals surface area contributed by atoms with Gasteiger partial charge in [-0.3, -0.25) is 49.2 Å². The van der Waals surface area contributed by atoms with Gasteiger partial charge in [0.15, 0.2) is 0 Å². The molecular formula is C32H22N4O10. The lowest BCUT2D eigenvalue weighted by Gasteiger charge is -2.33. The number of amides is 4. The molecule has 2 heterocycles. The van der Waals surface area contributed by atoms with E-state index in [0.29, 0.717) is 11.1 Å². The summed E-state index contributed by atoms with van der Waals surface area (Å²) in [6.45, 7) is -0.198. The van der Waals surface area contributed by atoms with Gasteiger partial charge >= 0.3 is 5.97 Å². The van der Waals surface area contributed by atoms with Crippen molar-refractivity contribution in [1.29, 1.82) is 0 Å². The monoisotopic (exact) mass is 622 g/mol.